The van der Waals surface area contributed by atoms with Crippen molar-refractivity contribution in [3.8, 4) is 0 Å². The van der Waals surface area contributed by atoms with Crippen LogP contribution in [-0.4, -0.2) is 45.0 Å². The highest BCUT2D eigenvalue weighted by Gasteiger charge is 2.20. The molecule has 1 saturated heterocycles. The number of nitrogens with one attached hydrogen (secondary N) is 1. The number of aryl methyl sites for hydroxylation is 3. The molecule has 0 unspecified atom stereocenters. The van der Waals surface area contributed by atoms with Crippen LogP contribution in [0.3, 0.4) is 0 Å². The maximum absolute atomic E-state index is 12.9. The summed E-state index contributed by atoms with van der Waals surface area (Å²) in [6, 6.07) is 6.20. The van der Waals surface area contributed by atoms with Crippen LogP contribution in [0.2, 0.25) is 0 Å². The number of thioether (sulfide) groups is 1. The first kappa shape index (κ1) is 20.1. The smallest absolute Gasteiger partial charge is 0.266 e. The molecule has 3 heterocycles. The quantitative estimate of drug-likeness (QED) is 0.690. The van der Waals surface area contributed by atoms with Crippen LogP contribution in [0.25, 0.3) is 10.2 Å². The molecule has 0 radical (unpaired) electrons. The summed E-state index contributed by atoms with van der Waals surface area (Å²) in [5.74, 6) is 2.19. The van der Waals surface area contributed by atoms with E-state index in [2.05, 4.69) is 27.3 Å². The fourth-order valence-electron chi connectivity index (χ4n) is 3.59. The highest BCUT2D eigenvalue weighted by Crippen LogP contribution is 2.28. The number of benzene rings is 1. The number of hydrogen-bond donors (Lipinski definition) is 1. The van der Waals surface area contributed by atoms with Crippen molar-refractivity contribution in [2.75, 3.05) is 29.9 Å². The van der Waals surface area contributed by atoms with E-state index in [1.807, 2.05) is 31.7 Å². The van der Waals surface area contributed by atoms with Gasteiger partial charge in [0.2, 0.25) is 0 Å². The zero-order valence-corrected chi connectivity index (χ0v) is 18.5. The molecule has 0 saturated carbocycles. The van der Waals surface area contributed by atoms with Crippen molar-refractivity contribution in [3.63, 3.8) is 0 Å². The van der Waals surface area contributed by atoms with Gasteiger partial charge in [-0.3, -0.25) is 14.5 Å². The maximum Gasteiger partial charge on any atom is 0.266 e. The van der Waals surface area contributed by atoms with Crippen LogP contribution in [0.5, 0.6) is 0 Å². The van der Waals surface area contributed by atoms with Gasteiger partial charge in [-0.15, -0.1) is 11.3 Å². The highest BCUT2D eigenvalue weighted by atomic mass is 32.2. The van der Waals surface area contributed by atoms with Gasteiger partial charge in [0.25, 0.3) is 11.5 Å². The van der Waals surface area contributed by atoms with Crippen LogP contribution < -0.4 is 10.9 Å². The summed E-state index contributed by atoms with van der Waals surface area (Å²) in [5.41, 5.74) is 3.66. The van der Waals surface area contributed by atoms with Crippen molar-refractivity contribution in [1.29, 1.82) is 0 Å². The molecule has 1 aliphatic rings. The van der Waals surface area contributed by atoms with Gasteiger partial charge < -0.3 is 9.88 Å². The lowest BCUT2D eigenvalue weighted by molar-refractivity contribution is 0.103. The predicted molar refractivity (Wildman–Crippen MR) is 121 cm³/mol. The van der Waals surface area contributed by atoms with E-state index >= 15 is 0 Å². The molecule has 8 heteroatoms. The summed E-state index contributed by atoms with van der Waals surface area (Å²) in [6.45, 7) is 7.02. The SMILES string of the molecule is Cc1cc(CN2CCSCC2)ccc1NC(=O)c1sc2ncn(C)c(=O)c2c1C. The summed E-state index contributed by atoms with van der Waals surface area (Å²) in [4.78, 5) is 33.2. The minimum atomic E-state index is -0.198. The molecular weight excluding hydrogens is 404 g/mol. The predicted octanol–water partition coefficient (Wildman–Crippen LogP) is 3.41. The lowest BCUT2D eigenvalue weighted by atomic mass is 10.1. The molecule has 4 rings (SSSR count). The third-order valence-electron chi connectivity index (χ3n) is 5.27. The topological polar surface area (TPSA) is 67.2 Å². The average Bonchev–Trinajstić information content (AvgIpc) is 3.05. The van der Waals surface area contributed by atoms with Gasteiger partial charge in [-0.25, -0.2) is 4.98 Å². The zero-order valence-electron chi connectivity index (χ0n) is 16.8. The average molecular weight is 429 g/mol. The molecule has 0 aliphatic carbocycles. The van der Waals surface area contributed by atoms with Gasteiger partial charge in [-0.05, 0) is 36.6 Å². The van der Waals surface area contributed by atoms with Crippen LogP contribution in [0.1, 0.15) is 26.4 Å². The van der Waals surface area contributed by atoms with Crippen molar-refractivity contribution in [3.05, 3.63) is 56.4 Å². The number of aromatic nitrogens is 2. The van der Waals surface area contributed by atoms with E-state index in [1.54, 1.807) is 7.05 Å². The molecule has 0 spiro atoms. The number of nitrogens with zero attached hydrogens (tertiary/aromatic N) is 3. The fraction of sp³-hybridized carbons (Fsp3) is 0.381. The summed E-state index contributed by atoms with van der Waals surface area (Å²) in [6.07, 6.45) is 1.49. The summed E-state index contributed by atoms with van der Waals surface area (Å²) in [7, 11) is 1.67. The first-order chi connectivity index (χ1) is 13.9. The van der Waals surface area contributed by atoms with Crippen molar-refractivity contribution in [2.45, 2.75) is 20.4 Å². The van der Waals surface area contributed by atoms with Gasteiger partial charge in [0.05, 0.1) is 16.6 Å². The second-order valence-corrected chi connectivity index (χ2v) is 9.61. The number of carbonyl (C=O) groups is 1. The Bertz CT molecular complexity index is 1130. The maximum atomic E-state index is 12.9. The van der Waals surface area contributed by atoms with Crippen molar-refractivity contribution in [1.82, 2.24) is 14.5 Å². The third-order valence-corrected chi connectivity index (χ3v) is 7.41. The minimum absolute atomic E-state index is 0.126. The molecule has 1 N–H and O–H groups in total. The van der Waals surface area contributed by atoms with Gasteiger partial charge in [-0.2, -0.15) is 11.8 Å². The van der Waals surface area contributed by atoms with Crippen LogP contribution in [0.15, 0.2) is 29.3 Å². The monoisotopic (exact) mass is 428 g/mol. The van der Waals surface area contributed by atoms with Crippen molar-refractivity contribution < 1.29 is 4.79 Å². The largest absolute Gasteiger partial charge is 0.321 e. The molecule has 1 fully saturated rings. The molecule has 0 atom stereocenters. The fourth-order valence-corrected chi connectivity index (χ4v) is 5.60. The highest BCUT2D eigenvalue weighted by molar-refractivity contribution is 7.99. The summed E-state index contributed by atoms with van der Waals surface area (Å²) >= 11 is 3.27. The normalized spacial score (nSPS) is 15.0. The van der Waals surface area contributed by atoms with Crippen LogP contribution >= 0.6 is 23.1 Å². The molecule has 29 heavy (non-hydrogen) atoms. The number of thiophene rings is 1. The Morgan fingerprint density at radius 2 is 2.00 bits per heavy atom. The Labute approximate surface area is 177 Å². The van der Waals surface area contributed by atoms with Crippen LogP contribution in [0, 0.1) is 13.8 Å². The first-order valence-electron chi connectivity index (χ1n) is 9.59. The molecule has 1 aliphatic heterocycles. The lowest BCUT2D eigenvalue weighted by Crippen LogP contribution is -2.31. The van der Waals surface area contributed by atoms with E-state index in [4.69, 9.17) is 0 Å². The molecule has 2 aromatic heterocycles. The second kappa shape index (κ2) is 8.30. The molecule has 3 aromatic rings. The van der Waals surface area contributed by atoms with E-state index in [0.717, 1.165) is 30.9 Å². The van der Waals surface area contributed by atoms with Crippen molar-refractivity contribution in [2.24, 2.45) is 7.05 Å². The number of rotatable bonds is 4. The zero-order chi connectivity index (χ0) is 20.5. The van der Waals surface area contributed by atoms with Gasteiger partial charge in [0.1, 0.15) is 4.83 Å². The Hall–Kier alpha value is -2.16. The lowest BCUT2D eigenvalue weighted by Gasteiger charge is -2.26. The number of anilines is 1. The summed E-state index contributed by atoms with van der Waals surface area (Å²) < 4.78 is 1.44. The van der Waals surface area contributed by atoms with E-state index in [0.29, 0.717) is 20.7 Å². The van der Waals surface area contributed by atoms with E-state index < -0.39 is 0 Å². The Kier molecular flexibility index (Phi) is 5.76. The van der Waals surface area contributed by atoms with Gasteiger partial charge in [0, 0.05) is 43.9 Å². The standard InChI is InChI=1S/C21H24N4O2S2/c1-13-10-15(11-25-6-8-28-9-7-25)4-5-16(13)23-19(26)18-14(2)17-20(29-18)22-12-24(3)21(17)27/h4-5,10,12H,6-9,11H2,1-3H3,(H,23,26). The Balaban J connectivity index is 1.54. The van der Waals surface area contributed by atoms with E-state index in [9.17, 15) is 9.59 Å². The number of fused-ring (bicyclic) bond motifs is 1. The molecule has 1 amide bonds. The molecule has 6 nitrogen and oxygen atoms in total. The van der Waals surface area contributed by atoms with Crippen LogP contribution in [-0.2, 0) is 13.6 Å². The van der Waals surface area contributed by atoms with Gasteiger partial charge in [0.15, 0.2) is 0 Å². The van der Waals surface area contributed by atoms with Crippen molar-refractivity contribution >= 4 is 44.9 Å². The second-order valence-electron chi connectivity index (χ2n) is 7.39. The third kappa shape index (κ3) is 4.10. The molecule has 0 bridgehead atoms. The van der Waals surface area contributed by atoms with Gasteiger partial charge in [-0.1, -0.05) is 12.1 Å². The van der Waals surface area contributed by atoms with Gasteiger partial charge >= 0.3 is 0 Å². The number of hydrogen-bond acceptors (Lipinski definition) is 6. The Morgan fingerprint density at radius 3 is 2.72 bits per heavy atom. The Morgan fingerprint density at radius 1 is 1.24 bits per heavy atom. The number of carbonyl (C=O) groups excluding carboxylic acids is 1. The molecular formula is C21H24N4O2S2. The van der Waals surface area contributed by atoms with E-state index in [-0.39, 0.29) is 11.5 Å². The minimum Gasteiger partial charge on any atom is -0.321 e. The number of amides is 1. The summed E-state index contributed by atoms with van der Waals surface area (Å²) in [5, 5.41) is 3.54. The van der Waals surface area contributed by atoms with E-state index in [1.165, 1.54) is 39.3 Å². The van der Waals surface area contributed by atoms with Crippen LogP contribution in [0.4, 0.5) is 5.69 Å². The first-order valence-corrected chi connectivity index (χ1v) is 11.6. The molecule has 1 aromatic carbocycles. The molecule has 152 valence electrons.